The molecular formula is C24H23NO3. The van der Waals surface area contributed by atoms with Crippen LogP contribution in [-0.4, -0.2) is 23.2 Å². The van der Waals surface area contributed by atoms with Crippen LogP contribution >= 0.6 is 0 Å². The van der Waals surface area contributed by atoms with Gasteiger partial charge in [0.25, 0.3) is 0 Å². The van der Waals surface area contributed by atoms with Crippen LogP contribution in [0, 0.1) is 0 Å². The Labute approximate surface area is 164 Å². The Balaban J connectivity index is 1.99. The summed E-state index contributed by atoms with van der Waals surface area (Å²) in [5, 5.41) is 9.50. The molecule has 0 amide bonds. The molecule has 0 spiro atoms. The summed E-state index contributed by atoms with van der Waals surface area (Å²) in [7, 11) is 0. The van der Waals surface area contributed by atoms with Crippen molar-refractivity contribution in [2.45, 2.75) is 31.1 Å². The van der Waals surface area contributed by atoms with Crippen LogP contribution in [0.5, 0.6) is 0 Å². The van der Waals surface area contributed by atoms with Gasteiger partial charge < -0.3 is 15.6 Å². The summed E-state index contributed by atoms with van der Waals surface area (Å²) in [6.45, 7) is 1.90. The molecule has 28 heavy (non-hydrogen) atoms. The summed E-state index contributed by atoms with van der Waals surface area (Å²) in [5.74, 6) is -1.06. The lowest BCUT2D eigenvalue weighted by molar-refractivity contribution is -0.145. The van der Waals surface area contributed by atoms with Gasteiger partial charge in [0.1, 0.15) is 11.6 Å². The molecule has 0 fully saturated rings. The molecule has 2 unspecified atom stereocenters. The first kappa shape index (κ1) is 18.4. The predicted molar refractivity (Wildman–Crippen MR) is 109 cm³/mol. The van der Waals surface area contributed by atoms with Gasteiger partial charge in [-0.05, 0) is 23.1 Å². The van der Waals surface area contributed by atoms with Crippen LogP contribution in [0.3, 0.4) is 0 Å². The topological polar surface area (TPSA) is 72.5 Å². The van der Waals surface area contributed by atoms with Crippen molar-refractivity contribution in [1.82, 2.24) is 0 Å². The average molecular weight is 373 g/mol. The Morgan fingerprint density at radius 3 is 1.93 bits per heavy atom. The van der Waals surface area contributed by atoms with Crippen LogP contribution < -0.4 is 5.73 Å². The molecule has 0 heterocycles. The van der Waals surface area contributed by atoms with Gasteiger partial charge in [0.05, 0.1) is 6.10 Å². The quantitative estimate of drug-likeness (QED) is 0.680. The molecule has 1 aliphatic carbocycles. The average Bonchev–Trinajstić information content (AvgIpc) is 3.03. The number of hydrogen-bond donors (Lipinski definition) is 2. The third-order valence-corrected chi connectivity index (χ3v) is 5.50. The number of carboxylic acid groups (broad SMARTS) is 1. The number of carbonyl (C=O) groups is 1. The van der Waals surface area contributed by atoms with Crippen molar-refractivity contribution in [2.75, 3.05) is 0 Å². The van der Waals surface area contributed by atoms with Crippen molar-refractivity contribution in [1.29, 1.82) is 0 Å². The van der Waals surface area contributed by atoms with Crippen molar-refractivity contribution in [3.05, 3.63) is 95.6 Å². The van der Waals surface area contributed by atoms with Gasteiger partial charge in [-0.15, -0.1) is 0 Å². The highest BCUT2D eigenvalue weighted by atomic mass is 16.5. The summed E-state index contributed by atoms with van der Waals surface area (Å²) in [6, 6.07) is 25.1. The maximum atomic E-state index is 11.6. The zero-order valence-electron chi connectivity index (χ0n) is 15.7. The first-order valence-corrected chi connectivity index (χ1v) is 9.50. The van der Waals surface area contributed by atoms with Gasteiger partial charge in [-0.1, -0.05) is 85.8 Å². The van der Waals surface area contributed by atoms with E-state index in [1.54, 1.807) is 0 Å². The zero-order chi connectivity index (χ0) is 19.7. The second-order valence-electron chi connectivity index (χ2n) is 7.07. The molecule has 1 aliphatic rings. The second kappa shape index (κ2) is 7.23. The van der Waals surface area contributed by atoms with Gasteiger partial charge in [0.2, 0.25) is 0 Å². The number of rotatable bonds is 6. The first-order chi connectivity index (χ1) is 13.6. The number of hydrogen-bond acceptors (Lipinski definition) is 3. The highest BCUT2D eigenvalue weighted by Crippen LogP contribution is 2.53. The first-order valence-electron chi connectivity index (χ1n) is 9.50. The molecule has 0 saturated carbocycles. The van der Waals surface area contributed by atoms with Crippen LogP contribution in [0.2, 0.25) is 0 Å². The number of ether oxygens (including phenoxy) is 1. The van der Waals surface area contributed by atoms with Crippen molar-refractivity contribution in [3.8, 4) is 11.1 Å². The lowest BCUT2D eigenvalue weighted by atomic mass is 9.83. The van der Waals surface area contributed by atoms with E-state index in [1.165, 1.54) is 0 Å². The molecule has 142 valence electrons. The monoisotopic (exact) mass is 373 g/mol. The van der Waals surface area contributed by atoms with Crippen LogP contribution in [0.15, 0.2) is 78.9 Å². The van der Waals surface area contributed by atoms with E-state index >= 15 is 0 Å². The molecule has 0 aliphatic heterocycles. The van der Waals surface area contributed by atoms with Crippen LogP contribution in [-0.2, 0) is 15.1 Å². The van der Waals surface area contributed by atoms with E-state index < -0.39 is 23.7 Å². The standard InChI is InChI=1S/C24H23NO3/c1-2-21(22(25)23(26)27)28-24(16-10-4-3-5-11-16)19-14-8-6-12-17(19)18-13-7-9-15-20(18)24/h3-15,21-22H,2,25H2,1H3,(H,26,27). The molecule has 4 heteroatoms. The molecular weight excluding hydrogens is 350 g/mol. The molecule has 4 rings (SSSR count). The van der Waals surface area contributed by atoms with E-state index in [1.807, 2.05) is 61.5 Å². The predicted octanol–water partition coefficient (Wildman–Crippen LogP) is 4.17. The minimum absolute atomic E-state index is 0.492. The normalized spacial score (nSPS) is 16.1. The SMILES string of the molecule is CCC(OC1(c2ccccc2)c2ccccc2-c2ccccc21)C(N)C(=O)O. The second-order valence-corrected chi connectivity index (χ2v) is 7.07. The van der Waals surface area contributed by atoms with Gasteiger partial charge in [-0.25, -0.2) is 0 Å². The summed E-state index contributed by atoms with van der Waals surface area (Å²) in [6.07, 6.45) is -0.149. The maximum Gasteiger partial charge on any atom is 0.323 e. The molecule has 4 nitrogen and oxygen atoms in total. The third kappa shape index (κ3) is 2.73. The van der Waals surface area contributed by atoms with E-state index in [4.69, 9.17) is 10.5 Å². The summed E-state index contributed by atoms with van der Waals surface area (Å²) in [5.41, 5.74) is 10.3. The van der Waals surface area contributed by atoms with Crippen LogP contribution in [0.4, 0.5) is 0 Å². The molecule has 3 aromatic rings. The number of carboxylic acids is 1. The Bertz CT molecular complexity index is 954. The van der Waals surface area contributed by atoms with Gasteiger partial charge >= 0.3 is 5.97 Å². The lowest BCUT2D eigenvalue weighted by Crippen LogP contribution is -2.47. The van der Waals surface area contributed by atoms with Crippen molar-refractivity contribution in [3.63, 3.8) is 0 Å². The summed E-state index contributed by atoms with van der Waals surface area (Å²) < 4.78 is 6.70. The fraction of sp³-hybridized carbons (Fsp3) is 0.208. The van der Waals surface area contributed by atoms with E-state index in [9.17, 15) is 9.90 Å². The molecule has 3 aromatic carbocycles. The summed E-state index contributed by atoms with van der Waals surface area (Å²) >= 11 is 0. The maximum absolute atomic E-state index is 11.6. The largest absolute Gasteiger partial charge is 0.480 e. The Morgan fingerprint density at radius 1 is 0.929 bits per heavy atom. The highest BCUT2D eigenvalue weighted by molar-refractivity contribution is 5.82. The number of aliphatic carboxylic acids is 1. The van der Waals surface area contributed by atoms with Crippen LogP contribution in [0.25, 0.3) is 11.1 Å². The number of nitrogens with two attached hydrogens (primary N) is 1. The van der Waals surface area contributed by atoms with Gasteiger partial charge in [0.15, 0.2) is 0 Å². The van der Waals surface area contributed by atoms with Gasteiger partial charge in [-0.2, -0.15) is 0 Å². The van der Waals surface area contributed by atoms with E-state index in [0.717, 1.165) is 27.8 Å². The van der Waals surface area contributed by atoms with Crippen molar-refractivity contribution < 1.29 is 14.6 Å². The molecule has 0 bridgehead atoms. The van der Waals surface area contributed by atoms with E-state index in [-0.39, 0.29) is 0 Å². The minimum Gasteiger partial charge on any atom is -0.480 e. The Morgan fingerprint density at radius 2 is 1.43 bits per heavy atom. The lowest BCUT2D eigenvalue weighted by Gasteiger charge is -2.37. The molecule has 0 radical (unpaired) electrons. The van der Waals surface area contributed by atoms with E-state index in [0.29, 0.717) is 6.42 Å². The highest BCUT2D eigenvalue weighted by Gasteiger charge is 2.48. The van der Waals surface area contributed by atoms with Crippen molar-refractivity contribution >= 4 is 5.97 Å². The van der Waals surface area contributed by atoms with Crippen molar-refractivity contribution in [2.24, 2.45) is 5.73 Å². The fourth-order valence-electron chi connectivity index (χ4n) is 4.17. The number of fused-ring (bicyclic) bond motifs is 3. The van der Waals surface area contributed by atoms with Gasteiger partial charge in [0, 0.05) is 11.1 Å². The molecule has 2 atom stereocenters. The Kier molecular flexibility index (Phi) is 4.75. The number of benzene rings is 3. The van der Waals surface area contributed by atoms with Gasteiger partial charge in [-0.3, -0.25) is 4.79 Å². The smallest absolute Gasteiger partial charge is 0.323 e. The molecule has 0 saturated heterocycles. The van der Waals surface area contributed by atoms with Crippen LogP contribution in [0.1, 0.15) is 30.0 Å². The Hall–Kier alpha value is -2.95. The summed E-state index contributed by atoms with van der Waals surface area (Å²) in [4.78, 5) is 11.6. The zero-order valence-corrected chi connectivity index (χ0v) is 15.7. The molecule has 0 aromatic heterocycles. The third-order valence-electron chi connectivity index (χ3n) is 5.50. The van der Waals surface area contributed by atoms with E-state index in [2.05, 4.69) is 24.3 Å². The molecule has 3 N–H and O–H groups in total. The minimum atomic E-state index is -1.11. The fourth-order valence-corrected chi connectivity index (χ4v) is 4.17.